The van der Waals surface area contributed by atoms with Crippen molar-refractivity contribution in [2.24, 2.45) is 0 Å². The molecule has 1 N–H and O–H groups in total. The van der Waals surface area contributed by atoms with Crippen LogP contribution in [0.2, 0.25) is 0 Å². The van der Waals surface area contributed by atoms with Gasteiger partial charge in [0.2, 0.25) is 0 Å². The maximum Gasteiger partial charge on any atom is 0.338 e. The molecule has 0 aliphatic carbocycles. The van der Waals surface area contributed by atoms with Gasteiger partial charge in [-0.2, -0.15) is 0 Å². The van der Waals surface area contributed by atoms with E-state index < -0.39 is 12.1 Å². The quantitative estimate of drug-likeness (QED) is 0.658. The van der Waals surface area contributed by atoms with Gasteiger partial charge in [0.25, 0.3) is 5.91 Å². The Morgan fingerprint density at radius 2 is 1.74 bits per heavy atom. The Hall–Kier alpha value is -3.34. The zero-order chi connectivity index (χ0) is 19.2. The molecule has 0 fully saturated rings. The van der Waals surface area contributed by atoms with Gasteiger partial charge >= 0.3 is 5.97 Å². The number of nitrogens with one attached hydrogen (secondary N) is 1. The van der Waals surface area contributed by atoms with Crippen molar-refractivity contribution >= 4 is 28.3 Å². The minimum absolute atomic E-state index is 0.298. The average Bonchev–Trinajstić information content (AvgIpc) is 2.68. The molecule has 3 aromatic carbocycles. The Morgan fingerprint density at radius 3 is 2.52 bits per heavy atom. The van der Waals surface area contributed by atoms with Crippen molar-refractivity contribution in [2.45, 2.75) is 20.0 Å². The van der Waals surface area contributed by atoms with Gasteiger partial charge in [-0.3, -0.25) is 4.79 Å². The summed E-state index contributed by atoms with van der Waals surface area (Å²) in [5.41, 5.74) is 0.900. The van der Waals surface area contributed by atoms with Crippen molar-refractivity contribution in [2.75, 3.05) is 11.9 Å². The van der Waals surface area contributed by atoms with E-state index in [0.29, 0.717) is 23.6 Å². The highest BCUT2D eigenvalue weighted by molar-refractivity contribution is 5.96. The van der Waals surface area contributed by atoms with Gasteiger partial charge in [0.15, 0.2) is 6.10 Å². The fraction of sp³-hybridized carbons (Fsp3) is 0.182. The highest BCUT2D eigenvalue weighted by Gasteiger charge is 2.16. The van der Waals surface area contributed by atoms with Crippen LogP contribution in [0.15, 0.2) is 66.7 Å². The minimum Gasteiger partial charge on any atom is -0.481 e. The summed E-state index contributed by atoms with van der Waals surface area (Å²) in [6.45, 7) is 3.72. The normalized spacial score (nSPS) is 11.6. The van der Waals surface area contributed by atoms with Crippen molar-refractivity contribution in [3.8, 4) is 5.75 Å². The Morgan fingerprint density at radius 1 is 0.963 bits per heavy atom. The van der Waals surface area contributed by atoms with Crippen LogP contribution in [0.3, 0.4) is 0 Å². The van der Waals surface area contributed by atoms with E-state index in [4.69, 9.17) is 9.47 Å². The maximum absolute atomic E-state index is 12.4. The molecule has 138 valence electrons. The third kappa shape index (κ3) is 4.64. The molecule has 1 atom stereocenters. The van der Waals surface area contributed by atoms with E-state index in [-0.39, 0.29) is 5.91 Å². The first-order valence-electron chi connectivity index (χ1n) is 8.80. The second-order valence-corrected chi connectivity index (χ2v) is 6.06. The van der Waals surface area contributed by atoms with E-state index in [1.165, 1.54) is 0 Å². The molecule has 3 aromatic rings. The molecule has 1 unspecified atom stereocenters. The summed E-state index contributed by atoms with van der Waals surface area (Å²) >= 11 is 0. The van der Waals surface area contributed by atoms with Crippen LogP contribution >= 0.6 is 0 Å². The molecule has 0 aliphatic rings. The summed E-state index contributed by atoms with van der Waals surface area (Å²) in [5, 5.41) is 4.92. The van der Waals surface area contributed by atoms with Crippen LogP contribution in [0.4, 0.5) is 5.69 Å². The second kappa shape index (κ2) is 8.36. The van der Waals surface area contributed by atoms with Crippen LogP contribution in [-0.2, 0) is 9.53 Å². The number of rotatable bonds is 6. The highest BCUT2D eigenvalue weighted by atomic mass is 16.5. The molecule has 27 heavy (non-hydrogen) atoms. The van der Waals surface area contributed by atoms with Gasteiger partial charge in [-0.15, -0.1) is 0 Å². The Labute approximate surface area is 157 Å². The summed E-state index contributed by atoms with van der Waals surface area (Å²) in [7, 11) is 0. The molecule has 1 amide bonds. The number of carbonyl (C=O) groups excluding carboxylic acids is 2. The van der Waals surface area contributed by atoms with E-state index in [1.807, 2.05) is 42.5 Å². The summed E-state index contributed by atoms with van der Waals surface area (Å²) in [6, 6.07) is 20.3. The Kier molecular flexibility index (Phi) is 5.71. The summed E-state index contributed by atoms with van der Waals surface area (Å²) in [6.07, 6.45) is -0.697. The van der Waals surface area contributed by atoms with Gasteiger partial charge in [0.1, 0.15) is 5.75 Å². The molecular weight excluding hydrogens is 342 g/mol. The van der Waals surface area contributed by atoms with Gasteiger partial charge in [0.05, 0.1) is 12.2 Å². The minimum atomic E-state index is -0.697. The van der Waals surface area contributed by atoms with Crippen molar-refractivity contribution in [1.29, 1.82) is 0 Å². The third-order valence-corrected chi connectivity index (χ3v) is 4.04. The number of carbonyl (C=O) groups is 2. The van der Waals surface area contributed by atoms with Crippen LogP contribution < -0.4 is 10.1 Å². The fourth-order valence-electron chi connectivity index (χ4n) is 2.68. The third-order valence-electron chi connectivity index (χ3n) is 4.04. The van der Waals surface area contributed by atoms with Crippen LogP contribution in [-0.4, -0.2) is 24.6 Å². The molecule has 5 nitrogen and oxygen atoms in total. The summed E-state index contributed by atoms with van der Waals surface area (Å²) in [4.78, 5) is 24.2. The zero-order valence-electron chi connectivity index (χ0n) is 15.3. The van der Waals surface area contributed by atoms with Crippen molar-refractivity contribution in [3.05, 3.63) is 72.3 Å². The number of ether oxygens (including phenoxy) is 2. The topological polar surface area (TPSA) is 64.6 Å². The van der Waals surface area contributed by atoms with E-state index in [1.54, 1.807) is 38.1 Å². The zero-order valence-corrected chi connectivity index (χ0v) is 15.3. The molecule has 0 saturated carbocycles. The molecule has 0 aliphatic heterocycles. The van der Waals surface area contributed by atoms with Gasteiger partial charge in [-0.1, -0.05) is 36.4 Å². The van der Waals surface area contributed by atoms with Crippen molar-refractivity contribution < 1.29 is 19.1 Å². The van der Waals surface area contributed by atoms with Crippen LogP contribution in [0.5, 0.6) is 5.75 Å². The number of fused-ring (bicyclic) bond motifs is 1. The first-order valence-corrected chi connectivity index (χ1v) is 8.80. The number of esters is 1. The summed E-state index contributed by atoms with van der Waals surface area (Å²) in [5.74, 6) is -0.102. The lowest BCUT2D eigenvalue weighted by Gasteiger charge is -2.15. The van der Waals surface area contributed by atoms with E-state index in [2.05, 4.69) is 5.32 Å². The first kappa shape index (κ1) is 18.5. The Balaban J connectivity index is 1.66. The molecule has 0 radical (unpaired) electrons. The van der Waals surface area contributed by atoms with Crippen molar-refractivity contribution in [3.63, 3.8) is 0 Å². The average molecular weight is 363 g/mol. The number of hydrogen-bond donors (Lipinski definition) is 1. The van der Waals surface area contributed by atoms with E-state index in [9.17, 15) is 9.59 Å². The van der Waals surface area contributed by atoms with E-state index >= 15 is 0 Å². The predicted octanol–water partition coefficient (Wildman–Crippen LogP) is 4.42. The van der Waals surface area contributed by atoms with Gasteiger partial charge < -0.3 is 14.8 Å². The molecule has 3 rings (SSSR count). The van der Waals surface area contributed by atoms with Gasteiger partial charge in [0, 0.05) is 5.69 Å². The molecule has 5 heteroatoms. The van der Waals surface area contributed by atoms with Crippen LogP contribution in [0.1, 0.15) is 24.2 Å². The number of anilines is 1. The summed E-state index contributed by atoms with van der Waals surface area (Å²) < 4.78 is 10.7. The van der Waals surface area contributed by atoms with Crippen LogP contribution in [0.25, 0.3) is 10.8 Å². The van der Waals surface area contributed by atoms with Crippen LogP contribution in [0, 0.1) is 0 Å². The fourth-order valence-corrected chi connectivity index (χ4v) is 2.68. The Bertz CT molecular complexity index is 967. The maximum atomic E-state index is 12.4. The largest absolute Gasteiger partial charge is 0.481 e. The molecule has 0 heterocycles. The standard InChI is InChI=1S/C22H21NO4/c1-3-26-22(25)18-9-6-10-19(13-18)23-21(24)15(2)27-20-12-11-16-7-4-5-8-17(16)14-20/h4-15H,3H2,1-2H3,(H,23,24). The lowest BCUT2D eigenvalue weighted by molar-refractivity contribution is -0.122. The van der Waals surface area contributed by atoms with Crippen molar-refractivity contribution in [1.82, 2.24) is 0 Å². The molecular formula is C22H21NO4. The smallest absolute Gasteiger partial charge is 0.338 e. The lowest BCUT2D eigenvalue weighted by atomic mass is 10.1. The van der Waals surface area contributed by atoms with Gasteiger partial charge in [-0.25, -0.2) is 4.79 Å². The van der Waals surface area contributed by atoms with Gasteiger partial charge in [-0.05, 0) is 55.0 Å². The number of hydrogen-bond acceptors (Lipinski definition) is 4. The molecule has 0 aromatic heterocycles. The molecule has 0 bridgehead atoms. The number of amides is 1. The van der Waals surface area contributed by atoms with E-state index in [0.717, 1.165) is 10.8 Å². The first-order chi connectivity index (χ1) is 13.1. The molecule has 0 spiro atoms. The monoisotopic (exact) mass is 363 g/mol. The lowest BCUT2D eigenvalue weighted by Crippen LogP contribution is -2.30. The second-order valence-electron chi connectivity index (χ2n) is 6.06. The SMILES string of the molecule is CCOC(=O)c1cccc(NC(=O)C(C)Oc2ccc3ccccc3c2)c1. The number of benzene rings is 3. The predicted molar refractivity (Wildman–Crippen MR) is 105 cm³/mol. The highest BCUT2D eigenvalue weighted by Crippen LogP contribution is 2.22. The molecule has 0 saturated heterocycles.